The van der Waals surface area contributed by atoms with Crippen LogP contribution in [0.15, 0.2) is 58.7 Å². The standard InChI is InChI=1S/C15H13Cl2N3S/c16-13-7-5-11(6-8-13)9-19-20-15(18)21-10-12-3-1-2-4-14(12)17/h1-9H,10H2,(H2,18,20)/b19-9+. The van der Waals surface area contributed by atoms with Gasteiger partial charge in [0.2, 0.25) is 0 Å². The molecule has 6 heteroatoms. The molecule has 0 heterocycles. The maximum atomic E-state index is 6.07. The van der Waals surface area contributed by atoms with Gasteiger partial charge in [-0.05, 0) is 29.3 Å². The lowest BCUT2D eigenvalue weighted by molar-refractivity contribution is 1.25. The van der Waals surface area contributed by atoms with Crippen LogP contribution in [-0.2, 0) is 5.75 Å². The first-order valence-corrected chi connectivity index (χ1v) is 7.87. The Morgan fingerprint density at radius 2 is 1.81 bits per heavy atom. The van der Waals surface area contributed by atoms with Crippen LogP contribution in [0.2, 0.25) is 10.0 Å². The second kappa shape index (κ2) is 8.08. The summed E-state index contributed by atoms with van der Waals surface area (Å²) >= 11 is 13.3. The molecule has 0 saturated heterocycles. The Hall–Kier alpha value is -1.49. The van der Waals surface area contributed by atoms with Crippen molar-refractivity contribution in [2.24, 2.45) is 15.9 Å². The van der Waals surface area contributed by atoms with E-state index in [0.29, 0.717) is 15.9 Å². The quantitative estimate of drug-likeness (QED) is 0.504. The first kappa shape index (κ1) is 15.9. The molecule has 3 nitrogen and oxygen atoms in total. The first-order chi connectivity index (χ1) is 10.1. The van der Waals surface area contributed by atoms with E-state index in [0.717, 1.165) is 16.1 Å². The van der Waals surface area contributed by atoms with Crippen molar-refractivity contribution in [2.45, 2.75) is 5.75 Å². The Bertz CT molecular complexity index is 654. The topological polar surface area (TPSA) is 50.7 Å². The van der Waals surface area contributed by atoms with Crippen molar-refractivity contribution in [3.8, 4) is 0 Å². The third-order valence-electron chi connectivity index (χ3n) is 2.57. The summed E-state index contributed by atoms with van der Waals surface area (Å²) in [7, 11) is 0. The zero-order chi connectivity index (χ0) is 15.1. The Morgan fingerprint density at radius 1 is 1.10 bits per heavy atom. The fourth-order valence-electron chi connectivity index (χ4n) is 1.50. The zero-order valence-corrected chi connectivity index (χ0v) is 13.4. The molecule has 0 aliphatic heterocycles. The number of thioether (sulfide) groups is 1. The van der Waals surface area contributed by atoms with Gasteiger partial charge in [-0.2, -0.15) is 5.10 Å². The van der Waals surface area contributed by atoms with Crippen molar-refractivity contribution in [1.29, 1.82) is 0 Å². The van der Waals surface area contributed by atoms with Crippen molar-refractivity contribution in [3.63, 3.8) is 0 Å². The molecule has 2 rings (SSSR count). The van der Waals surface area contributed by atoms with Gasteiger partial charge in [-0.3, -0.25) is 0 Å². The highest BCUT2D eigenvalue weighted by atomic mass is 35.5. The number of amidine groups is 1. The van der Waals surface area contributed by atoms with Gasteiger partial charge in [0.1, 0.15) is 0 Å². The van der Waals surface area contributed by atoms with Crippen LogP contribution in [0.25, 0.3) is 0 Å². The molecule has 0 amide bonds. The third kappa shape index (κ3) is 5.42. The summed E-state index contributed by atoms with van der Waals surface area (Å²) in [5.74, 6) is 0.658. The molecule has 0 aliphatic rings. The molecule has 21 heavy (non-hydrogen) atoms. The molecule has 2 aromatic carbocycles. The SMILES string of the molecule is N/C(=N\N=C\c1ccc(Cl)cc1)SCc1ccccc1Cl. The smallest absolute Gasteiger partial charge is 0.180 e. The summed E-state index contributed by atoms with van der Waals surface area (Å²) in [6.07, 6.45) is 1.62. The van der Waals surface area contributed by atoms with E-state index in [9.17, 15) is 0 Å². The zero-order valence-electron chi connectivity index (χ0n) is 11.0. The van der Waals surface area contributed by atoms with Gasteiger partial charge in [-0.1, -0.05) is 65.3 Å². The lowest BCUT2D eigenvalue weighted by Crippen LogP contribution is -2.06. The van der Waals surface area contributed by atoms with Gasteiger partial charge in [-0.25, -0.2) is 0 Å². The van der Waals surface area contributed by atoms with Crippen LogP contribution in [0, 0.1) is 0 Å². The van der Waals surface area contributed by atoms with Crippen LogP contribution >= 0.6 is 35.0 Å². The van der Waals surface area contributed by atoms with E-state index in [4.69, 9.17) is 28.9 Å². The minimum Gasteiger partial charge on any atom is -0.377 e. The summed E-state index contributed by atoms with van der Waals surface area (Å²) < 4.78 is 0. The van der Waals surface area contributed by atoms with E-state index in [1.165, 1.54) is 11.8 Å². The number of halogens is 2. The molecule has 0 atom stereocenters. The normalized spacial score (nSPS) is 12.0. The van der Waals surface area contributed by atoms with Crippen LogP contribution in [0.5, 0.6) is 0 Å². The van der Waals surface area contributed by atoms with Gasteiger partial charge in [0, 0.05) is 15.8 Å². The highest BCUT2D eigenvalue weighted by molar-refractivity contribution is 8.13. The Kier molecular flexibility index (Phi) is 6.11. The van der Waals surface area contributed by atoms with E-state index in [-0.39, 0.29) is 0 Å². The average Bonchev–Trinajstić information content (AvgIpc) is 2.48. The molecular formula is C15H13Cl2N3S. The summed E-state index contributed by atoms with van der Waals surface area (Å²) in [4.78, 5) is 0. The van der Waals surface area contributed by atoms with Crippen LogP contribution < -0.4 is 5.73 Å². The van der Waals surface area contributed by atoms with Gasteiger partial charge < -0.3 is 5.73 Å². The minimum atomic E-state index is 0.389. The third-order valence-corrected chi connectivity index (χ3v) is 4.02. The monoisotopic (exact) mass is 337 g/mol. The van der Waals surface area contributed by atoms with Crippen molar-refractivity contribution in [2.75, 3.05) is 0 Å². The molecule has 0 aromatic heterocycles. The van der Waals surface area contributed by atoms with E-state index in [2.05, 4.69) is 10.2 Å². The van der Waals surface area contributed by atoms with Gasteiger partial charge in [0.15, 0.2) is 5.17 Å². The Labute approximate surface area is 137 Å². The van der Waals surface area contributed by atoms with Gasteiger partial charge in [0.25, 0.3) is 0 Å². The van der Waals surface area contributed by atoms with Crippen molar-refractivity contribution in [3.05, 3.63) is 69.7 Å². The second-order valence-electron chi connectivity index (χ2n) is 4.11. The second-order valence-corrected chi connectivity index (χ2v) is 5.95. The van der Waals surface area contributed by atoms with Crippen molar-refractivity contribution in [1.82, 2.24) is 0 Å². The van der Waals surface area contributed by atoms with Crippen molar-refractivity contribution >= 4 is 46.3 Å². The number of hydrogen-bond acceptors (Lipinski definition) is 3. The largest absolute Gasteiger partial charge is 0.377 e. The fourth-order valence-corrected chi connectivity index (χ4v) is 2.57. The maximum absolute atomic E-state index is 6.07. The van der Waals surface area contributed by atoms with Gasteiger partial charge in [0.05, 0.1) is 6.21 Å². The molecule has 0 fully saturated rings. The molecular weight excluding hydrogens is 325 g/mol. The molecule has 2 N–H and O–H groups in total. The average molecular weight is 338 g/mol. The summed E-state index contributed by atoms with van der Waals surface area (Å²) in [6.45, 7) is 0. The molecule has 2 aromatic rings. The van der Waals surface area contributed by atoms with E-state index in [1.54, 1.807) is 18.3 Å². The highest BCUT2D eigenvalue weighted by Crippen LogP contribution is 2.20. The van der Waals surface area contributed by atoms with Crippen molar-refractivity contribution < 1.29 is 0 Å². The Balaban J connectivity index is 1.89. The fraction of sp³-hybridized carbons (Fsp3) is 0.0667. The van der Waals surface area contributed by atoms with Crippen LogP contribution in [0.4, 0.5) is 0 Å². The number of benzene rings is 2. The molecule has 0 saturated carbocycles. The molecule has 0 radical (unpaired) electrons. The molecule has 0 aliphatic carbocycles. The maximum Gasteiger partial charge on any atom is 0.180 e. The highest BCUT2D eigenvalue weighted by Gasteiger charge is 2.00. The predicted molar refractivity (Wildman–Crippen MR) is 93.4 cm³/mol. The van der Waals surface area contributed by atoms with E-state index >= 15 is 0 Å². The lowest BCUT2D eigenvalue weighted by Gasteiger charge is -2.02. The van der Waals surface area contributed by atoms with Crippen LogP contribution in [0.1, 0.15) is 11.1 Å². The van der Waals surface area contributed by atoms with Gasteiger partial charge in [-0.15, -0.1) is 5.10 Å². The van der Waals surface area contributed by atoms with E-state index < -0.39 is 0 Å². The summed E-state index contributed by atoms with van der Waals surface area (Å²) in [5, 5.41) is 9.68. The first-order valence-electron chi connectivity index (χ1n) is 6.13. The number of rotatable bonds is 4. The lowest BCUT2D eigenvalue weighted by atomic mass is 10.2. The van der Waals surface area contributed by atoms with E-state index in [1.807, 2.05) is 36.4 Å². The number of hydrogen-bond donors (Lipinski definition) is 1. The van der Waals surface area contributed by atoms with Crippen LogP contribution in [-0.4, -0.2) is 11.4 Å². The summed E-state index contributed by atoms with van der Waals surface area (Å²) in [5.41, 5.74) is 7.72. The number of nitrogens with zero attached hydrogens (tertiary/aromatic N) is 2. The predicted octanol–water partition coefficient (Wildman–Crippen LogP) is 4.58. The molecule has 108 valence electrons. The molecule has 0 unspecified atom stereocenters. The summed E-state index contributed by atoms with van der Waals surface area (Å²) in [6, 6.07) is 14.9. The van der Waals surface area contributed by atoms with Gasteiger partial charge >= 0.3 is 0 Å². The molecule has 0 spiro atoms. The minimum absolute atomic E-state index is 0.389. The molecule has 0 bridgehead atoms. The Morgan fingerprint density at radius 3 is 2.52 bits per heavy atom. The number of nitrogens with two attached hydrogens (primary N) is 1. The van der Waals surface area contributed by atoms with Crippen LogP contribution in [0.3, 0.4) is 0 Å².